The fourth-order valence-electron chi connectivity index (χ4n) is 2.96. The molecule has 0 radical (unpaired) electrons. The Morgan fingerprint density at radius 1 is 0.789 bits per heavy atom. The highest BCUT2D eigenvalue weighted by molar-refractivity contribution is 5.75. The first-order valence-corrected chi connectivity index (χ1v) is 7.45. The molecule has 0 aromatic carbocycles. The molecule has 0 bridgehead atoms. The zero-order valence-corrected chi connectivity index (χ0v) is 11.5. The summed E-state index contributed by atoms with van der Waals surface area (Å²) in [6.07, 6.45) is 7.08. The molecule has 0 aliphatic carbocycles. The van der Waals surface area contributed by atoms with E-state index >= 15 is 0 Å². The Balaban J connectivity index is 1.84. The molecule has 2 amide bonds. The fourth-order valence-corrected chi connectivity index (χ4v) is 2.96. The fraction of sp³-hybridized carbons (Fsp3) is 0.857. The predicted octanol–water partition coefficient (Wildman–Crippen LogP) is 2.17. The van der Waals surface area contributed by atoms with Crippen LogP contribution in [0.5, 0.6) is 0 Å². The Bertz CT molecular complexity index is 317. The van der Waals surface area contributed by atoms with Crippen LogP contribution in [0.3, 0.4) is 0 Å². The van der Waals surface area contributed by atoms with Crippen molar-refractivity contribution in [2.24, 2.45) is 5.92 Å². The van der Waals surface area contributed by atoms with E-state index < -0.39 is 5.97 Å². The van der Waals surface area contributed by atoms with E-state index in [9.17, 15) is 9.59 Å². The molecular formula is C14H24N2O3. The highest BCUT2D eigenvalue weighted by atomic mass is 16.4. The van der Waals surface area contributed by atoms with E-state index in [-0.39, 0.29) is 11.9 Å². The van der Waals surface area contributed by atoms with Crippen molar-refractivity contribution >= 4 is 12.0 Å². The molecule has 2 saturated heterocycles. The molecule has 2 aliphatic heterocycles. The van der Waals surface area contributed by atoms with Crippen molar-refractivity contribution in [2.45, 2.75) is 44.9 Å². The van der Waals surface area contributed by atoms with Crippen LogP contribution in [0, 0.1) is 5.92 Å². The van der Waals surface area contributed by atoms with Gasteiger partial charge in [-0.1, -0.05) is 19.3 Å². The van der Waals surface area contributed by atoms with Gasteiger partial charge in [-0.25, -0.2) is 4.79 Å². The molecule has 0 aromatic heterocycles. The molecule has 108 valence electrons. The van der Waals surface area contributed by atoms with Gasteiger partial charge in [-0.05, 0) is 25.7 Å². The van der Waals surface area contributed by atoms with Crippen LogP contribution in [0.2, 0.25) is 0 Å². The van der Waals surface area contributed by atoms with E-state index in [2.05, 4.69) is 0 Å². The predicted molar refractivity (Wildman–Crippen MR) is 72.0 cm³/mol. The zero-order chi connectivity index (χ0) is 13.7. The van der Waals surface area contributed by atoms with Crippen molar-refractivity contribution in [3.8, 4) is 0 Å². The minimum Gasteiger partial charge on any atom is -0.481 e. The molecule has 2 rings (SSSR count). The number of carbonyl (C=O) groups is 2. The summed E-state index contributed by atoms with van der Waals surface area (Å²) in [5.41, 5.74) is 0. The lowest BCUT2D eigenvalue weighted by molar-refractivity contribution is -0.143. The van der Waals surface area contributed by atoms with Gasteiger partial charge in [-0.2, -0.15) is 0 Å². The number of carboxylic acid groups (broad SMARTS) is 1. The molecule has 0 saturated carbocycles. The van der Waals surface area contributed by atoms with Crippen LogP contribution in [0.25, 0.3) is 0 Å². The number of aliphatic carboxylic acids is 1. The second-order valence-electron chi connectivity index (χ2n) is 5.64. The molecule has 5 nitrogen and oxygen atoms in total. The van der Waals surface area contributed by atoms with Gasteiger partial charge in [0.05, 0.1) is 5.92 Å². The summed E-state index contributed by atoms with van der Waals surface area (Å²) >= 11 is 0. The maximum absolute atomic E-state index is 12.4. The number of carbonyl (C=O) groups excluding carboxylic acids is 1. The third-order valence-electron chi connectivity index (χ3n) is 4.24. The first-order valence-electron chi connectivity index (χ1n) is 7.45. The summed E-state index contributed by atoms with van der Waals surface area (Å²) in [5, 5.41) is 8.97. The van der Waals surface area contributed by atoms with E-state index in [0.29, 0.717) is 25.9 Å². The van der Waals surface area contributed by atoms with E-state index in [1.54, 1.807) is 0 Å². The van der Waals surface area contributed by atoms with Crippen molar-refractivity contribution in [2.75, 3.05) is 26.2 Å². The summed E-state index contributed by atoms with van der Waals surface area (Å²) in [6.45, 7) is 2.90. The van der Waals surface area contributed by atoms with Crippen LogP contribution < -0.4 is 0 Å². The summed E-state index contributed by atoms with van der Waals surface area (Å²) in [6, 6.07) is 0.116. The van der Waals surface area contributed by atoms with Gasteiger partial charge in [0.1, 0.15) is 0 Å². The second kappa shape index (κ2) is 6.78. The first-order chi connectivity index (χ1) is 9.18. The Labute approximate surface area is 114 Å². The standard InChI is InChI=1S/C14H24N2O3/c17-13(18)12-6-10-16(11-7-12)14(19)15-8-4-2-1-3-5-9-15/h12H,1-11H2,(H,17,18). The van der Waals surface area contributed by atoms with Crippen LogP contribution in [0.1, 0.15) is 44.9 Å². The van der Waals surface area contributed by atoms with Gasteiger partial charge in [-0.15, -0.1) is 0 Å². The van der Waals surface area contributed by atoms with Crippen molar-refractivity contribution in [1.29, 1.82) is 0 Å². The normalized spacial score (nSPS) is 22.7. The Kier molecular flexibility index (Phi) is 5.05. The number of urea groups is 1. The van der Waals surface area contributed by atoms with Crippen LogP contribution in [0.15, 0.2) is 0 Å². The molecular weight excluding hydrogens is 244 g/mol. The number of hydrogen-bond acceptors (Lipinski definition) is 2. The maximum Gasteiger partial charge on any atom is 0.319 e. The zero-order valence-electron chi connectivity index (χ0n) is 11.5. The monoisotopic (exact) mass is 268 g/mol. The number of likely N-dealkylation sites (tertiary alicyclic amines) is 2. The molecule has 0 atom stereocenters. The highest BCUT2D eigenvalue weighted by Gasteiger charge is 2.29. The molecule has 19 heavy (non-hydrogen) atoms. The SMILES string of the molecule is O=C(O)C1CCN(C(=O)N2CCCCCCC2)CC1. The average Bonchev–Trinajstić information content (AvgIpc) is 2.38. The molecule has 5 heteroatoms. The number of nitrogens with zero attached hydrogens (tertiary/aromatic N) is 2. The summed E-state index contributed by atoms with van der Waals surface area (Å²) in [5.74, 6) is -0.991. The lowest BCUT2D eigenvalue weighted by Gasteiger charge is -2.35. The second-order valence-corrected chi connectivity index (χ2v) is 5.64. The Morgan fingerprint density at radius 2 is 1.26 bits per heavy atom. The molecule has 2 aliphatic rings. The Morgan fingerprint density at radius 3 is 1.79 bits per heavy atom. The quantitative estimate of drug-likeness (QED) is 0.793. The van der Waals surface area contributed by atoms with E-state index in [0.717, 1.165) is 25.9 Å². The smallest absolute Gasteiger partial charge is 0.319 e. The Hall–Kier alpha value is -1.26. The third kappa shape index (κ3) is 3.85. The maximum atomic E-state index is 12.4. The number of hydrogen-bond donors (Lipinski definition) is 1. The van der Waals surface area contributed by atoms with Gasteiger partial charge in [0.15, 0.2) is 0 Å². The van der Waals surface area contributed by atoms with Gasteiger partial charge in [0, 0.05) is 26.2 Å². The van der Waals surface area contributed by atoms with Crippen LogP contribution in [-0.2, 0) is 4.79 Å². The van der Waals surface area contributed by atoms with Crippen molar-refractivity contribution < 1.29 is 14.7 Å². The van der Waals surface area contributed by atoms with E-state index in [1.807, 2.05) is 9.80 Å². The largest absolute Gasteiger partial charge is 0.481 e. The van der Waals surface area contributed by atoms with Gasteiger partial charge in [-0.3, -0.25) is 4.79 Å². The van der Waals surface area contributed by atoms with Crippen molar-refractivity contribution in [3.05, 3.63) is 0 Å². The average molecular weight is 268 g/mol. The minimum atomic E-state index is -0.724. The summed E-state index contributed by atoms with van der Waals surface area (Å²) in [4.78, 5) is 27.1. The molecule has 2 fully saturated rings. The number of carboxylic acids is 1. The number of amides is 2. The van der Waals surface area contributed by atoms with E-state index in [4.69, 9.17) is 5.11 Å². The van der Waals surface area contributed by atoms with Gasteiger partial charge < -0.3 is 14.9 Å². The highest BCUT2D eigenvalue weighted by Crippen LogP contribution is 2.19. The minimum absolute atomic E-state index is 0.116. The molecule has 0 unspecified atom stereocenters. The van der Waals surface area contributed by atoms with Crippen LogP contribution in [-0.4, -0.2) is 53.1 Å². The number of piperidine rings is 1. The van der Waals surface area contributed by atoms with Crippen molar-refractivity contribution in [3.63, 3.8) is 0 Å². The van der Waals surface area contributed by atoms with Gasteiger partial charge in [0.25, 0.3) is 0 Å². The van der Waals surface area contributed by atoms with Crippen LogP contribution >= 0.6 is 0 Å². The van der Waals surface area contributed by atoms with Crippen LogP contribution in [0.4, 0.5) is 4.79 Å². The summed E-state index contributed by atoms with van der Waals surface area (Å²) < 4.78 is 0. The van der Waals surface area contributed by atoms with Gasteiger partial charge in [0.2, 0.25) is 0 Å². The molecule has 0 spiro atoms. The topological polar surface area (TPSA) is 60.9 Å². The lowest BCUT2D eigenvalue weighted by Crippen LogP contribution is -2.48. The van der Waals surface area contributed by atoms with Crippen molar-refractivity contribution in [1.82, 2.24) is 9.80 Å². The molecule has 0 aromatic rings. The van der Waals surface area contributed by atoms with E-state index in [1.165, 1.54) is 19.3 Å². The number of rotatable bonds is 1. The summed E-state index contributed by atoms with van der Waals surface area (Å²) in [7, 11) is 0. The first kappa shape index (κ1) is 14.2. The lowest BCUT2D eigenvalue weighted by atomic mass is 9.97. The molecule has 2 heterocycles. The molecule has 1 N–H and O–H groups in total. The van der Waals surface area contributed by atoms with Gasteiger partial charge >= 0.3 is 12.0 Å². The third-order valence-corrected chi connectivity index (χ3v) is 4.24.